The van der Waals surface area contributed by atoms with E-state index in [1.54, 1.807) is 12.4 Å². The lowest BCUT2D eigenvalue weighted by molar-refractivity contribution is 0.0928. The van der Waals surface area contributed by atoms with Crippen LogP contribution < -0.4 is 10.2 Å². The summed E-state index contributed by atoms with van der Waals surface area (Å²) in [4.78, 5) is 23.4. The van der Waals surface area contributed by atoms with E-state index in [-0.39, 0.29) is 11.9 Å². The number of benzene rings is 1. The van der Waals surface area contributed by atoms with E-state index in [9.17, 15) is 4.79 Å². The highest BCUT2D eigenvalue weighted by Crippen LogP contribution is 2.18. The van der Waals surface area contributed by atoms with Crippen molar-refractivity contribution < 1.29 is 4.79 Å². The second-order valence-electron chi connectivity index (χ2n) is 6.92. The minimum Gasteiger partial charge on any atom is -0.351 e. The predicted octanol–water partition coefficient (Wildman–Crippen LogP) is 3.96. The van der Waals surface area contributed by atoms with Crippen LogP contribution in [0.1, 0.15) is 61.5 Å². The number of carbonyl (C=O) groups is 1. The smallest absolute Gasteiger partial charge is 0.271 e. The molecule has 2 aromatic rings. The SMILES string of the molecule is CCN(Cc1ccccc1)c1cnc(C(=O)NC2CCCCCC2)cn1. The molecule has 1 heterocycles. The van der Waals surface area contributed by atoms with E-state index in [4.69, 9.17) is 0 Å². The molecule has 0 spiro atoms. The van der Waals surface area contributed by atoms with Crippen LogP contribution in [0.4, 0.5) is 5.82 Å². The predicted molar refractivity (Wildman–Crippen MR) is 104 cm³/mol. The van der Waals surface area contributed by atoms with Crippen LogP contribution in [0.5, 0.6) is 0 Å². The Labute approximate surface area is 155 Å². The van der Waals surface area contributed by atoms with E-state index in [2.05, 4.69) is 39.2 Å². The van der Waals surface area contributed by atoms with Crippen LogP contribution in [0.2, 0.25) is 0 Å². The van der Waals surface area contributed by atoms with Gasteiger partial charge in [0.25, 0.3) is 5.91 Å². The molecule has 1 fully saturated rings. The third kappa shape index (κ3) is 5.04. The van der Waals surface area contributed by atoms with Gasteiger partial charge in [-0.25, -0.2) is 9.97 Å². The Morgan fingerprint density at radius 1 is 1.08 bits per heavy atom. The van der Waals surface area contributed by atoms with Crippen molar-refractivity contribution in [2.75, 3.05) is 11.4 Å². The molecule has 26 heavy (non-hydrogen) atoms. The van der Waals surface area contributed by atoms with Gasteiger partial charge >= 0.3 is 0 Å². The van der Waals surface area contributed by atoms with Crippen LogP contribution >= 0.6 is 0 Å². The normalized spacial score (nSPS) is 15.3. The van der Waals surface area contributed by atoms with Crippen molar-refractivity contribution in [2.24, 2.45) is 0 Å². The summed E-state index contributed by atoms with van der Waals surface area (Å²) in [6.45, 7) is 3.70. The fraction of sp³-hybridized carbons (Fsp3) is 0.476. The Kier molecular flexibility index (Phi) is 6.58. The summed E-state index contributed by atoms with van der Waals surface area (Å²) in [6.07, 6.45) is 10.4. The van der Waals surface area contributed by atoms with Crippen LogP contribution in [-0.2, 0) is 6.54 Å². The summed E-state index contributed by atoms with van der Waals surface area (Å²) in [6, 6.07) is 10.6. The zero-order valence-corrected chi connectivity index (χ0v) is 15.5. The number of nitrogens with zero attached hydrogens (tertiary/aromatic N) is 3. The van der Waals surface area contributed by atoms with Gasteiger partial charge in [-0.2, -0.15) is 0 Å². The third-order valence-electron chi connectivity index (χ3n) is 4.98. The molecule has 5 heteroatoms. The molecule has 1 aliphatic rings. The van der Waals surface area contributed by atoms with Crippen LogP contribution in [-0.4, -0.2) is 28.5 Å². The maximum absolute atomic E-state index is 12.4. The van der Waals surface area contributed by atoms with Gasteiger partial charge in [0.2, 0.25) is 0 Å². The number of amides is 1. The summed E-state index contributed by atoms with van der Waals surface area (Å²) in [5.41, 5.74) is 1.63. The van der Waals surface area contributed by atoms with E-state index < -0.39 is 0 Å². The lowest BCUT2D eigenvalue weighted by atomic mass is 10.1. The molecule has 5 nitrogen and oxygen atoms in total. The van der Waals surface area contributed by atoms with Crippen molar-refractivity contribution in [2.45, 2.75) is 58.0 Å². The first-order valence-corrected chi connectivity index (χ1v) is 9.68. The molecular weight excluding hydrogens is 324 g/mol. The average Bonchev–Trinajstić information content (AvgIpc) is 2.96. The van der Waals surface area contributed by atoms with Crippen LogP contribution in [0.3, 0.4) is 0 Å². The number of nitrogens with one attached hydrogen (secondary N) is 1. The molecule has 1 N–H and O–H groups in total. The number of aromatic nitrogens is 2. The van der Waals surface area contributed by atoms with Crippen molar-refractivity contribution in [3.8, 4) is 0 Å². The molecule has 0 atom stereocenters. The van der Waals surface area contributed by atoms with Gasteiger partial charge < -0.3 is 10.2 Å². The Balaban J connectivity index is 1.62. The third-order valence-corrected chi connectivity index (χ3v) is 4.98. The van der Waals surface area contributed by atoms with Gasteiger partial charge in [0.15, 0.2) is 0 Å². The van der Waals surface area contributed by atoms with Crippen molar-refractivity contribution in [3.63, 3.8) is 0 Å². The van der Waals surface area contributed by atoms with Crippen molar-refractivity contribution in [1.29, 1.82) is 0 Å². The molecule has 1 amide bonds. The molecule has 138 valence electrons. The van der Waals surface area contributed by atoms with E-state index in [1.165, 1.54) is 31.2 Å². The Bertz CT molecular complexity index is 679. The number of hydrogen-bond donors (Lipinski definition) is 1. The summed E-state index contributed by atoms with van der Waals surface area (Å²) in [5.74, 6) is 0.685. The van der Waals surface area contributed by atoms with Crippen molar-refractivity contribution in [1.82, 2.24) is 15.3 Å². The first-order valence-electron chi connectivity index (χ1n) is 9.68. The molecule has 0 aliphatic heterocycles. The van der Waals surface area contributed by atoms with Gasteiger partial charge in [0.1, 0.15) is 11.5 Å². The lowest BCUT2D eigenvalue weighted by Gasteiger charge is -2.22. The maximum atomic E-state index is 12.4. The molecule has 0 saturated heterocycles. The summed E-state index contributed by atoms with van der Waals surface area (Å²) >= 11 is 0. The quantitative estimate of drug-likeness (QED) is 0.800. The molecule has 3 rings (SSSR count). The van der Waals surface area contributed by atoms with E-state index >= 15 is 0 Å². The van der Waals surface area contributed by atoms with Crippen LogP contribution in [0.25, 0.3) is 0 Å². The molecule has 1 aliphatic carbocycles. The summed E-state index contributed by atoms with van der Waals surface area (Å²) in [7, 11) is 0. The van der Waals surface area contributed by atoms with Gasteiger partial charge in [-0.05, 0) is 25.3 Å². The van der Waals surface area contributed by atoms with Crippen LogP contribution in [0, 0.1) is 0 Å². The zero-order chi connectivity index (χ0) is 18.2. The van der Waals surface area contributed by atoms with E-state index in [0.717, 1.165) is 31.7 Å². The fourth-order valence-electron chi connectivity index (χ4n) is 3.44. The monoisotopic (exact) mass is 352 g/mol. The van der Waals surface area contributed by atoms with Gasteiger partial charge in [-0.3, -0.25) is 4.79 Å². The van der Waals surface area contributed by atoms with Gasteiger partial charge in [0.05, 0.1) is 12.4 Å². The van der Waals surface area contributed by atoms with Crippen LogP contribution in [0.15, 0.2) is 42.7 Å². The molecule has 1 aromatic heterocycles. The van der Waals surface area contributed by atoms with Gasteiger partial charge in [-0.15, -0.1) is 0 Å². The van der Waals surface area contributed by atoms with E-state index in [1.807, 2.05) is 18.2 Å². The largest absolute Gasteiger partial charge is 0.351 e. The van der Waals surface area contributed by atoms with Gasteiger partial charge in [0, 0.05) is 19.1 Å². The minimum atomic E-state index is -0.109. The standard InChI is InChI=1S/C21H28N4O/c1-2-25(16-17-10-6-5-7-11-17)20-15-22-19(14-23-20)21(26)24-18-12-8-3-4-9-13-18/h5-7,10-11,14-15,18H,2-4,8-9,12-13,16H2,1H3,(H,24,26). The molecular formula is C21H28N4O. The highest BCUT2D eigenvalue weighted by Gasteiger charge is 2.17. The fourth-order valence-corrected chi connectivity index (χ4v) is 3.44. The molecule has 0 bridgehead atoms. The number of hydrogen-bond acceptors (Lipinski definition) is 4. The molecule has 0 radical (unpaired) electrons. The highest BCUT2D eigenvalue weighted by molar-refractivity contribution is 5.92. The summed E-state index contributed by atoms with van der Waals surface area (Å²) in [5, 5.41) is 3.12. The highest BCUT2D eigenvalue weighted by atomic mass is 16.1. The molecule has 1 saturated carbocycles. The number of anilines is 1. The first-order chi connectivity index (χ1) is 12.8. The molecule has 0 unspecified atom stereocenters. The topological polar surface area (TPSA) is 58.1 Å². The number of rotatable bonds is 6. The average molecular weight is 352 g/mol. The minimum absolute atomic E-state index is 0.109. The van der Waals surface area contributed by atoms with E-state index in [0.29, 0.717) is 5.69 Å². The first kappa shape index (κ1) is 18.4. The lowest BCUT2D eigenvalue weighted by Crippen LogP contribution is -2.35. The van der Waals surface area contributed by atoms with Crippen molar-refractivity contribution in [3.05, 3.63) is 54.0 Å². The second-order valence-corrected chi connectivity index (χ2v) is 6.92. The zero-order valence-electron chi connectivity index (χ0n) is 15.5. The Morgan fingerprint density at radius 2 is 1.81 bits per heavy atom. The maximum Gasteiger partial charge on any atom is 0.271 e. The van der Waals surface area contributed by atoms with Crippen molar-refractivity contribution >= 4 is 11.7 Å². The number of carbonyl (C=O) groups excluding carboxylic acids is 1. The summed E-state index contributed by atoms with van der Waals surface area (Å²) < 4.78 is 0. The van der Waals surface area contributed by atoms with Gasteiger partial charge in [-0.1, -0.05) is 56.0 Å². The Morgan fingerprint density at radius 3 is 2.42 bits per heavy atom. The second kappa shape index (κ2) is 9.32. The Hall–Kier alpha value is -2.43. The molecule has 1 aromatic carbocycles.